The van der Waals surface area contributed by atoms with E-state index in [-0.39, 0.29) is 18.3 Å². The minimum atomic E-state index is -0.137. The Balaban J connectivity index is 0.00000481. The van der Waals surface area contributed by atoms with Crippen LogP contribution in [0.2, 0.25) is 0 Å². The van der Waals surface area contributed by atoms with Crippen LogP contribution >= 0.6 is 23.7 Å². The molecule has 0 aliphatic carbocycles. The lowest BCUT2D eigenvalue weighted by molar-refractivity contribution is 0.0982. The molecule has 7 nitrogen and oxygen atoms in total. The molecule has 204 valence electrons. The summed E-state index contributed by atoms with van der Waals surface area (Å²) in [7, 11) is 0. The van der Waals surface area contributed by atoms with Crippen molar-refractivity contribution >= 4 is 45.0 Å². The molecule has 37 heavy (non-hydrogen) atoms. The van der Waals surface area contributed by atoms with Crippen molar-refractivity contribution in [3.05, 3.63) is 41.5 Å². The van der Waals surface area contributed by atoms with Crippen molar-refractivity contribution in [1.29, 1.82) is 0 Å². The molecule has 0 atom stereocenters. The number of aromatic nitrogens is 1. The number of likely N-dealkylation sites (N-methyl/N-ethyl adjacent to an activating group) is 1. The Bertz CT molecular complexity index is 1120. The molecule has 0 radical (unpaired) electrons. The Labute approximate surface area is 231 Å². The van der Waals surface area contributed by atoms with Crippen LogP contribution in [0.4, 0.5) is 5.13 Å². The molecule has 0 saturated heterocycles. The van der Waals surface area contributed by atoms with Crippen LogP contribution in [-0.2, 0) is 6.42 Å². The Morgan fingerprint density at radius 3 is 2.03 bits per heavy atom. The molecule has 9 heteroatoms. The Hall–Kier alpha value is -2.55. The van der Waals surface area contributed by atoms with E-state index < -0.39 is 0 Å². The molecule has 2 aromatic carbocycles. The average Bonchev–Trinajstić information content (AvgIpc) is 3.31. The van der Waals surface area contributed by atoms with E-state index in [0.29, 0.717) is 54.3 Å². The summed E-state index contributed by atoms with van der Waals surface area (Å²) in [6.07, 6.45) is 0.959. The molecular weight excluding hydrogens is 510 g/mol. The zero-order chi connectivity index (χ0) is 26.1. The fraction of sp³-hybridized carbons (Fsp3) is 0.500. The molecule has 0 bridgehead atoms. The van der Waals surface area contributed by atoms with Gasteiger partial charge in [0, 0.05) is 18.7 Å². The van der Waals surface area contributed by atoms with E-state index in [2.05, 4.69) is 37.8 Å². The van der Waals surface area contributed by atoms with Gasteiger partial charge in [-0.25, -0.2) is 4.98 Å². The van der Waals surface area contributed by atoms with Gasteiger partial charge in [0.05, 0.1) is 30.0 Å². The second kappa shape index (κ2) is 15.0. The van der Waals surface area contributed by atoms with Crippen molar-refractivity contribution in [2.75, 3.05) is 50.9 Å². The topological polar surface area (TPSA) is 64.1 Å². The van der Waals surface area contributed by atoms with Crippen LogP contribution in [0, 0.1) is 0 Å². The number of fused-ring (bicyclic) bond motifs is 1. The molecule has 0 fully saturated rings. The van der Waals surface area contributed by atoms with Crippen molar-refractivity contribution in [1.82, 2.24) is 9.88 Å². The van der Waals surface area contributed by atoms with Crippen LogP contribution in [0.3, 0.4) is 0 Å². The third kappa shape index (κ3) is 7.49. The number of carbonyl (C=O) groups is 1. The molecule has 1 aromatic heterocycles. The molecule has 0 N–H and O–H groups in total. The Morgan fingerprint density at radius 1 is 0.865 bits per heavy atom. The summed E-state index contributed by atoms with van der Waals surface area (Å²) in [5.41, 5.74) is 2.65. The second-order valence-corrected chi connectivity index (χ2v) is 9.25. The molecule has 0 aliphatic heterocycles. The van der Waals surface area contributed by atoms with Gasteiger partial charge in [-0.15, -0.1) is 12.4 Å². The zero-order valence-corrected chi connectivity index (χ0v) is 24.5. The van der Waals surface area contributed by atoms with Crippen molar-refractivity contribution in [3.8, 4) is 17.2 Å². The second-order valence-electron chi connectivity index (χ2n) is 8.24. The molecule has 0 aliphatic rings. The first-order valence-electron chi connectivity index (χ1n) is 13.0. The predicted octanol–water partition coefficient (Wildman–Crippen LogP) is 6.47. The zero-order valence-electron chi connectivity index (χ0n) is 22.8. The number of anilines is 1. The highest BCUT2D eigenvalue weighted by molar-refractivity contribution is 7.22. The minimum absolute atomic E-state index is 0. The summed E-state index contributed by atoms with van der Waals surface area (Å²) in [5, 5.41) is 0.695. The number of benzene rings is 2. The van der Waals surface area contributed by atoms with E-state index in [4.69, 9.17) is 19.2 Å². The first-order valence-corrected chi connectivity index (χ1v) is 13.8. The molecule has 1 amide bonds. The van der Waals surface area contributed by atoms with Crippen LogP contribution in [0.5, 0.6) is 17.2 Å². The van der Waals surface area contributed by atoms with E-state index in [9.17, 15) is 4.79 Å². The number of ether oxygens (including phenoxy) is 3. The fourth-order valence-electron chi connectivity index (χ4n) is 4.03. The smallest absolute Gasteiger partial charge is 0.260 e. The monoisotopic (exact) mass is 549 g/mol. The molecule has 3 aromatic rings. The maximum absolute atomic E-state index is 14.0. The number of amides is 1. The molecular formula is C28H40ClN3O4S. The van der Waals surface area contributed by atoms with Gasteiger partial charge in [-0.1, -0.05) is 38.2 Å². The first kappa shape index (κ1) is 30.7. The van der Waals surface area contributed by atoms with E-state index in [1.54, 1.807) is 28.4 Å². The van der Waals surface area contributed by atoms with Gasteiger partial charge in [-0.2, -0.15) is 0 Å². The first-order chi connectivity index (χ1) is 17.5. The molecule has 0 spiro atoms. The van der Waals surface area contributed by atoms with E-state index in [0.717, 1.165) is 36.3 Å². The number of hydrogen-bond acceptors (Lipinski definition) is 7. The summed E-state index contributed by atoms with van der Waals surface area (Å²) >= 11 is 1.55. The van der Waals surface area contributed by atoms with Gasteiger partial charge >= 0.3 is 0 Å². The number of aryl methyl sites for hydroxylation is 1. The third-order valence-corrected chi connectivity index (χ3v) is 7.06. The fourth-order valence-corrected chi connectivity index (χ4v) is 5.08. The van der Waals surface area contributed by atoms with Crippen molar-refractivity contribution < 1.29 is 19.0 Å². The lowest BCUT2D eigenvalue weighted by Gasteiger charge is -2.25. The van der Waals surface area contributed by atoms with Crippen molar-refractivity contribution in [2.24, 2.45) is 0 Å². The van der Waals surface area contributed by atoms with Gasteiger partial charge < -0.3 is 19.1 Å². The van der Waals surface area contributed by atoms with Gasteiger partial charge in [0.2, 0.25) is 5.75 Å². The third-order valence-electron chi connectivity index (χ3n) is 6.02. The maximum atomic E-state index is 14.0. The normalized spacial score (nSPS) is 10.9. The number of hydrogen-bond donors (Lipinski definition) is 0. The number of halogens is 1. The number of rotatable bonds is 14. The van der Waals surface area contributed by atoms with Crippen LogP contribution < -0.4 is 19.1 Å². The van der Waals surface area contributed by atoms with Crippen LogP contribution in [-0.4, -0.2) is 61.8 Å². The number of nitrogens with zero attached hydrogens (tertiary/aromatic N) is 3. The van der Waals surface area contributed by atoms with E-state index in [1.165, 1.54) is 5.56 Å². The quantitative estimate of drug-likeness (QED) is 0.230. The van der Waals surface area contributed by atoms with Gasteiger partial charge in [0.1, 0.15) is 0 Å². The van der Waals surface area contributed by atoms with Crippen LogP contribution in [0.15, 0.2) is 30.3 Å². The summed E-state index contributed by atoms with van der Waals surface area (Å²) in [5.74, 6) is 1.41. The van der Waals surface area contributed by atoms with Gasteiger partial charge in [-0.05, 0) is 70.1 Å². The number of carbonyl (C=O) groups excluding carboxylic acids is 1. The molecule has 3 rings (SSSR count). The highest BCUT2D eigenvalue weighted by Gasteiger charge is 2.25. The lowest BCUT2D eigenvalue weighted by Crippen LogP contribution is -2.38. The Morgan fingerprint density at radius 2 is 1.49 bits per heavy atom. The average molecular weight is 550 g/mol. The van der Waals surface area contributed by atoms with Crippen LogP contribution in [0.1, 0.15) is 57.5 Å². The summed E-state index contributed by atoms with van der Waals surface area (Å²) in [6.45, 7) is 16.6. The standard InChI is InChI=1S/C28H39N3O4S.ClH/c1-7-20-13-14-22-25(17-20)36-28(29-22)31(16-15-30(8-2)9-3)27(32)21-18-23(33-10-4)26(35-12-6)24(19-21)34-11-5;/h13-14,17-19H,7-12,15-16H2,1-6H3;1H. The largest absolute Gasteiger partial charge is 0.490 e. The molecule has 0 saturated carbocycles. The maximum Gasteiger partial charge on any atom is 0.260 e. The summed E-state index contributed by atoms with van der Waals surface area (Å²) in [4.78, 5) is 23.0. The van der Waals surface area contributed by atoms with Gasteiger partial charge in [-0.3, -0.25) is 9.69 Å². The number of thiazole rings is 1. The minimum Gasteiger partial charge on any atom is -0.490 e. The highest BCUT2D eigenvalue weighted by Crippen LogP contribution is 2.40. The predicted molar refractivity (Wildman–Crippen MR) is 156 cm³/mol. The summed E-state index contributed by atoms with van der Waals surface area (Å²) < 4.78 is 18.6. The van der Waals surface area contributed by atoms with Crippen molar-refractivity contribution in [2.45, 2.75) is 48.0 Å². The van der Waals surface area contributed by atoms with Crippen molar-refractivity contribution in [3.63, 3.8) is 0 Å². The molecule has 1 heterocycles. The van der Waals surface area contributed by atoms with Crippen LogP contribution in [0.25, 0.3) is 10.2 Å². The molecule has 0 unspecified atom stereocenters. The Kier molecular flexibility index (Phi) is 12.4. The highest BCUT2D eigenvalue weighted by atomic mass is 35.5. The van der Waals surface area contributed by atoms with Gasteiger partial charge in [0.15, 0.2) is 16.6 Å². The van der Waals surface area contributed by atoms with E-state index in [1.807, 2.05) is 26.8 Å². The SMILES string of the molecule is CCOc1cc(C(=O)N(CCN(CC)CC)c2nc3ccc(CC)cc3s2)cc(OCC)c1OCC.Cl. The lowest BCUT2D eigenvalue weighted by atomic mass is 10.1. The van der Waals surface area contributed by atoms with E-state index >= 15 is 0 Å². The summed E-state index contributed by atoms with van der Waals surface area (Å²) in [6, 6.07) is 9.82. The van der Waals surface area contributed by atoms with Gasteiger partial charge in [0.25, 0.3) is 5.91 Å².